The monoisotopic (exact) mass is 1430 g/mol. The van der Waals surface area contributed by atoms with Gasteiger partial charge in [0.25, 0.3) is 0 Å². The van der Waals surface area contributed by atoms with Crippen LogP contribution in [0.1, 0.15) is 290 Å². The van der Waals surface area contributed by atoms with E-state index in [0.717, 1.165) is 128 Å². The molecule has 99 heavy (non-hydrogen) atoms. The molecule has 0 amide bonds. The molecule has 0 aliphatic carbocycles. The van der Waals surface area contributed by atoms with Crippen LogP contribution in [0.2, 0.25) is 0 Å². The van der Waals surface area contributed by atoms with Crippen LogP contribution >= 0.6 is 15.6 Å². The van der Waals surface area contributed by atoms with Crippen LogP contribution in [0.25, 0.3) is 0 Å². The number of ether oxygens (including phenoxy) is 3. The molecule has 5 atom stereocenters. The lowest BCUT2D eigenvalue weighted by molar-refractivity contribution is -0.161. The number of phosphoric acid groups is 2. The molecule has 0 aromatic heterocycles. The van der Waals surface area contributed by atoms with E-state index in [0.29, 0.717) is 25.7 Å². The molecule has 0 fully saturated rings. The summed E-state index contributed by atoms with van der Waals surface area (Å²) in [6.45, 7) is 2.33. The number of esters is 3. The summed E-state index contributed by atoms with van der Waals surface area (Å²) in [5.74, 6) is -1.66. The second kappa shape index (κ2) is 73.2. The lowest BCUT2D eigenvalue weighted by Crippen LogP contribution is -2.30. The summed E-state index contributed by atoms with van der Waals surface area (Å²) in [5, 5.41) is 20.6. The Balaban J connectivity index is 4.50. The largest absolute Gasteiger partial charge is 0.472 e. The van der Waals surface area contributed by atoms with Crippen molar-refractivity contribution in [3.05, 3.63) is 146 Å². The maximum atomic E-state index is 12.9. The van der Waals surface area contributed by atoms with E-state index in [1.807, 2.05) is 12.2 Å². The van der Waals surface area contributed by atoms with Crippen molar-refractivity contribution in [1.82, 2.24) is 0 Å². The molecule has 0 aliphatic rings. The van der Waals surface area contributed by atoms with Crippen LogP contribution in [-0.2, 0) is 55.8 Å². The predicted molar refractivity (Wildman–Crippen MR) is 408 cm³/mol. The number of aliphatic hydroxyl groups is 2. The van der Waals surface area contributed by atoms with Crippen LogP contribution in [0.4, 0.5) is 0 Å². The number of aliphatic hydroxyl groups excluding tert-OH is 2. The molecule has 18 heteroatoms. The fourth-order valence-electron chi connectivity index (χ4n) is 9.78. The topological polar surface area (TPSA) is 231 Å². The lowest BCUT2D eigenvalue weighted by Gasteiger charge is -2.21. The molecule has 0 aliphatic heterocycles. The second-order valence-corrected chi connectivity index (χ2v) is 27.9. The molecular weight excluding hydrogens is 1290 g/mol. The second-order valence-electron chi connectivity index (χ2n) is 25.0. The van der Waals surface area contributed by atoms with Crippen molar-refractivity contribution in [2.45, 2.75) is 309 Å². The molecule has 16 nitrogen and oxygen atoms in total. The Labute approximate surface area is 600 Å². The van der Waals surface area contributed by atoms with Gasteiger partial charge in [-0.3, -0.25) is 32.5 Å². The highest BCUT2D eigenvalue weighted by atomic mass is 31.2. The number of phosphoric ester groups is 2. The number of rotatable bonds is 71. The minimum absolute atomic E-state index is 0.0730. The lowest BCUT2D eigenvalue weighted by atomic mass is 10.0. The Morgan fingerprint density at radius 2 is 0.545 bits per heavy atom. The van der Waals surface area contributed by atoms with E-state index in [2.05, 4.69) is 154 Å². The van der Waals surface area contributed by atoms with E-state index in [-0.39, 0.29) is 19.3 Å². The van der Waals surface area contributed by atoms with Gasteiger partial charge < -0.3 is 34.2 Å². The molecule has 0 saturated carbocycles. The first-order valence-corrected chi connectivity index (χ1v) is 41.1. The molecule has 0 spiro atoms. The SMILES string of the molecule is CC/C=C\C/C=C\C/C=C\C/C=C\C/C=C\CCCCCCCCCCCCCCCCCC(=O)OCC(O)COP(=O)(O)OCC(O)COP(=O)(O)OCC(COC(=O)CCC/C=C\C/C=C\C/C=C\C/C=C\C/C=C\CC)OC(=O)CCCCCCC/C=C\C/C=C\CCCCC. The van der Waals surface area contributed by atoms with Gasteiger partial charge >= 0.3 is 33.6 Å². The van der Waals surface area contributed by atoms with Crippen molar-refractivity contribution in [2.75, 3.05) is 39.6 Å². The molecule has 0 aromatic rings. The first kappa shape index (κ1) is 94.4. The highest BCUT2D eigenvalue weighted by Crippen LogP contribution is 2.45. The van der Waals surface area contributed by atoms with Gasteiger partial charge in [0.05, 0.1) is 26.4 Å². The van der Waals surface area contributed by atoms with Crippen molar-refractivity contribution in [2.24, 2.45) is 0 Å². The molecule has 566 valence electrons. The standard InChI is InChI=1S/C81H136O16P2/c1-4-7-10-13-16-19-22-25-28-30-31-32-33-34-35-36-37-38-39-40-41-42-43-45-48-49-52-55-58-61-64-67-79(84)91-70-76(82)71-93-98(87,88)94-72-77(83)73-95-99(89,90)96-75-78(97-81(86)69-66-63-60-57-54-51-46-27-24-21-18-15-12-9-6-3)74-92-80(85)68-65-62-59-56-53-50-47-44-29-26-23-20-17-14-11-8-5-2/h7-8,10-11,16-21,25-29,31-32,34-35,46-47,50,56,59,76-78,82-83H,4-6,9,12-15,22-24,30,33,36-45,48-49,51-55,57-58,60-75H2,1-3H3,(H,87,88)(H,89,90)/b10-7-,11-8-,19-16-,20-17-,21-18-,28-25-,29-26-,32-31-,35-34-,46-27-,50-47-,59-56-. The maximum absolute atomic E-state index is 12.9. The molecule has 0 saturated heterocycles. The first-order chi connectivity index (χ1) is 48.2. The zero-order valence-corrected chi connectivity index (χ0v) is 63.4. The zero-order chi connectivity index (χ0) is 72.3. The van der Waals surface area contributed by atoms with Crippen molar-refractivity contribution >= 4 is 33.6 Å². The molecular formula is C81H136O16P2. The van der Waals surface area contributed by atoms with Crippen LogP contribution in [0.15, 0.2) is 146 Å². The Morgan fingerprint density at radius 3 is 0.889 bits per heavy atom. The van der Waals surface area contributed by atoms with Gasteiger partial charge in [0.15, 0.2) is 6.10 Å². The van der Waals surface area contributed by atoms with Crippen molar-refractivity contribution < 1.29 is 75.8 Å². The van der Waals surface area contributed by atoms with Gasteiger partial charge in [-0.2, -0.15) is 0 Å². The normalized spacial score (nSPS) is 14.9. The zero-order valence-electron chi connectivity index (χ0n) is 61.6. The third kappa shape index (κ3) is 74.4. The van der Waals surface area contributed by atoms with Crippen LogP contribution in [0.5, 0.6) is 0 Å². The van der Waals surface area contributed by atoms with Crippen LogP contribution in [0.3, 0.4) is 0 Å². The van der Waals surface area contributed by atoms with Crippen molar-refractivity contribution in [3.8, 4) is 0 Å². The third-order valence-electron chi connectivity index (χ3n) is 15.5. The third-order valence-corrected chi connectivity index (χ3v) is 17.4. The summed E-state index contributed by atoms with van der Waals surface area (Å²) < 4.78 is 61.0. The van der Waals surface area contributed by atoms with Crippen molar-refractivity contribution in [3.63, 3.8) is 0 Å². The summed E-state index contributed by atoms with van der Waals surface area (Å²) >= 11 is 0. The summed E-state index contributed by atoms with van der Waals surface area (Å²) in [7, 11) is -9.81. The average Bonchev–Trinajstić information content (AvgIpc) is 2.96. The Kier molecular flexibility index (Phi) is 69.8. The van der Waals surface area contributed by atoms with E-state index in [1.165, 1.54) is 96.3 Å². The van der Waals surface area contributed by atoms with Gasteiger partial charge in [0, 0.05) is 19.3 Å². The van der Waals surface area contributed by atoms with E-state index in [9.17, 15) is 43.5 Å². The van der Waals surface area contributed by atoms with Gasteiger partial charge in [-0.25, -0.2) is 9.13 Å². The maximum Gasteiger partial charge on any atom is 0.472 e. The van der Waals surface area contributed by atoms with Gasteiger partial charge in [0.2, 0.25) is 0 Å². The number of unbranched alkanes of at least 4 members (excludes halogenated alkanes) is 24. The fourth-order valence-corrected chi connectivity index (χ4v) is 11.4. The molecule has 0 radical (unpaired) electrons. The fraction of sp³-hybridized carbons (Fsp3) is 0.667. The Hall–Kier alpha value is -4.57. The van der Waals surface area contributed by atoms with Crippen LogP contribution < -0.4 is 0 Å². The Bertz CT molecular complexity index is 2380. The summed E-state index contributed by atoms with van der Waals surface area (Å²) in [6.07, 6.45) is 89.2. The van der Waals surface area contributed by atoms with Gasteiger partial charge in [-0.05, 0) is 135 Å². The number of allylic oxidation sites excluding steroid dienone is 24. The molecule has 0 heterocycles. The number of hydrogen-bond donors (Lipinski definition) is 4. The highest BCUT2D eigenvalue weighted by molar-refractivity contribution is 7.47. The van der Waals surface area contributed by atoms with E-state index in [1.54, 1.807) is 0 Å². The van der Waals surface area contributed by atoms with Crippen LogP contribution in [0, 0.1) is 0 Å². The highest BCUT2D eigenvalue weighted by Gasteiger charge is 2.29. The summed E-state index contributed by atoms with van der Waals surface area (Å²) in [5.41, 5.74) is 0. The molecule has 0 bridgehead atoms. The summed E-state index contributed by atoms with van der Waals surface area (Å²) in [6, 6.07) is 0. The smallest absolute Gasteiger partial charge is 0.463 e. The average molecular weight is 1430 g/mol. The van der Waals surface area contributed by atoms with Gasteiger partial charge in [0.1, 0.15) is 25.4 Å². The quantitative estimate of drug-likeness (QED) is 0.0146. The van der Waals surface area contributed by atoms with Gasteiger partial charge in [-0.15, -0.1) is 0 Å². The van der Waals surface area contributed by atoms with Crippen molar-refractivity contribution in [1.29, 1.82) is 0 Å². The molecule has 4 N–H and O–H groups in total. The minimum Gasteiger partial charge on any atom is -0.463 e. The number of carbonyl (C=O) groups is 3. The molecule has 5 unspecified atom stereocenters. The molecule has 0 rings (SSSR count). The Morgan fingerprint density at radius 1 is 0.293 bits per heavy atom. The van der Waals surface area contributed by atoms with E-state index in [4.69, 9.17) is 32.3 Å². The number of carbonyl (C=O) groups excluding carboxylic acids is 3. The van der Waals surface area contributed by atoms with E-state index >= 15 is 0 Å². The predicted octanol–water partition coefficient (Wildman–Crippen LogP) is 22.1. The van der Waals surface area contributed by atoms with Gasteiger partial charge in [-0.1, -0.05) is 282 Å². The van der Waals surface area contributed by atoms with Crippen LogP contribution in [-0.4, -0.2) is 95.9 Å². The van der Waals surface area contributed by atoms with E-state index < -0.39 is 91.5 Å². The number of hydrogen-bond acceptors (Lipinski definition) is 14. The summed E-state index contributed by atoms with van der Waals surface area (Å²) in [4.78, 5) is 58.5. The molecule has 0 aromatic carbocycles. The first-order valence-electron chi connectivity index (χ1n) is 38.1. The minimum atomic E-state index is -4.95.